The fourth-order valence-electron chi connectivity index (χ4n) is 2.52. The summed E-state index contributed by atoms with van der Waals surface area (Å²) in [6, 6.07) is 6.26. The Morgan fingerprint density at radius 3 is 2.74 bits per heavy atom. The van der Waals surface area contributed by atoms with Gasteiger partial charge in [-0.3, -0.25) is 4.79 Å². The van der Waals surface area contributed by atoms with E-state index < -0.39 is 0 Å². The fraction of sp³-hybridized carbons (Fsp3) is 0.500. The first kappa shape index (κ1) is 19.8. The first-order valence-electron chi connectivity index (χ1n) is 8.84. The first-order chi connectivity index (χ1) is 13.1. The van der Waals surface area contributed by atoms with Crippen molar-refractivity contribution >= 4 is 34.1 Å². The van der Waals surface area contributed by atoms with Gasteiger partial charge in [-0.1, -0.05) is 29.2 Å². The number of thioether (sulfide) groups is 1. The maximum atomic E-state index is 12.6. The summed E-state index contributed by atoms with van der Waals surface area (Å²) < 4.78 is 11.4. The SMILES string of the molecule is CCN(Cc1ccc(OC)c(OC)c1)C(=O)CSc1nnc(NC2CC2)s1. The summed E-state index contributed by atoms with van der Waals surface area (Å²) in [6.45, 7) is 3.14. The normalized spacial score (nSPS) is 13.3. The highest BCUT2D eigenvalue weighted by atomic mass is 32.2. The summed E-state index contributed by atoms with van der Waals surface area (Å²) in [6.07, 6.45) is 2.39. The molecule has 0 saturated heterocycles. The molecule has 1 fully saturated rings. The molecule has 9 heteroatoms. The van der Waals surface area contributed by atoms with Crippen LogP contribution >= 0.6 is 23.1 Å². The summed E-state index contributed by atoms with van der Waals surface area (Å²) in [5.74, 6) is 1.76. The molecular weight excluding hydrogens is 384 g/mol. The largest absolute Gasteiger partial charge is 0.493 e. The van der Waals surface area contributed by atoms with Crippen molar-refractivity contribution < 1.29 is 14.3 Å². The van der Waals surface area contributed by atoms with Crippen molar-refractivity contribution in [2.45, 2.75) is 36.7 Å². The second kappa shape index (κ2) is 9.27. The Balaban J connectivity index is 1.54. The van der Waals surface area contributed by atoms with E-state index in [0.717, 1.165) is 15.0 Å². The van der Waals surface area contributed by atoms with Crippen LogP contribution in [0.25, 0.3) is 0 Å². The number of carbonyl (C=O) groups excluding carboxylic acids is 1. The van der Waals surface area contributed by atoms with Gasteiger partial charge in [0.1, 0.15) is 0 Å². The van der Waals surface area contributed by atoms with Crippen LogP contribution in [0.4, 0.5) is 5.13 Å². The van der Waals surface area contributed by atoms with Crippen LogP contribution in [0.5, 0.6) is 11.5 Å². The van der Waals surface area contributed by atoms with Crippen molar-refractivity contribution in [1.82, 2.24) is 15.1 Å². The van der Waals surface area contributed by atoms with Gasteiger partial charge in [-0.05, 0) is 37.5 Å². The summed E-state index contributed by atoms with van der Waals surface area (Å²) in [5, 5.41) is 12.4. The molecule has 0 spiro atoms. The van der Waals surface area contributed by atoms with E-state index in [-0.39, 0.29) is 5.91 Å². The lowest BCUT2D eigenvalue weighted by atomic mass is 10.2. The van der Waals surface area contributed by atoms with Gasteiger partial charge in [-0.25, -0.2) is 0 Å². The van der Waals surface area contributed by atoms with Gasteiger partial charge in [-0.2, -0.15) is 0 Å². The van der Waals surface area contributed by atoms with Crippen LogP contribution in [0, 0.1) is 0 Å². The van der Waals surface area contributed by atoms with Crippen LogP contribution in [0.15, 0.2) is 22.5 Å². The number of amides is 1. The molecule has 0 radical (unpaired) electrons. The van der Waals surface area contributed by atoms with Crippen LogP contribution in [-0.4, -0.2) is 53.6 Å². The van der Waals surface area contributed by atoms with Crippen LogP contribution in [0.2, 0.25) is 0 Å². The minimum Gasteiger partial charge on any atom is -0.493 e. The van der Waals surface area contributed by atoms with Crippen LogP contribution in [-0.2, 0) is 11.3 Å². The van der Waals surface area contributed by atoms with Crippen molar-refractivity contribution in [2.75, 3.05) is 31.8 Å². The van der Waals surface area contributed by atoms with Gasteiger partial charge in [0.2, 0.25) is 11.0 Å². The lowest BCUT2D eigenvalue weighted by Crippen LogP contribution is -2.31. The summed E-state index contributed by atoms with van der Waals surface area (Å²) in [5.41, 5.74) is 1.000. The average Bonchev–Trinajstić information content (AvgIpc) is 3.39. The number of hydrogen-bond acceptors (Lipinski definition) is 8. The Hall–Kier alpha value is -2.00. The van der Waals surface area contributed by atoms with E-state index in [0.29, 0.717) is 36.4 Å². The van der Waals surface area contributed by atoms with Crippen molar-refractivity contribution in [3.05, 3.63) is 23.8 Å². The van der Waals surface area contributed by atoms with E-state index in [1.165, 1.54) is 35.9 Å². The Labute approximate surface area is 167 Å². The molecule has 146 valence electrons. The minimum atomic E-state index is 0.0733. The molecule has 27 heavy (non-hydrogen) atoms. The third-order valence-electron chi connectivity index (χ3n) is 4.19. The molecule has 1 saturated carbocycles. The summed E-state index contributed by atoms with van der Waals surface area (Å²) in [7, 11) is 3.21. The smallest absolute Gasteiger partial charge is 0.233 e. The minimum absolute atomic E-state index is 0.0733. The number of methoxy groups -OCH3 is 2. The number of benzene rings is 1. The van der Waals surface area contributed by atoms with E-state index in [9.17, 15) is 4.79 Å². The van der Waals surface area contributed by atoms with Gasteiger partial charge in [0.15, 0.2) is 15.8 Å². The quantitative estimate of drug-likeness (QED) is 0.605. The summed E-state index contributed by atoms with van der Waals surface area (Å²) in [4.78, 5) is 14.4. The van der Waals surface area contributed by atoms with E-state index in [1.807, 2.05) is 30.0 Å². The van der Waals surface area contributed by atoms with Gasteiger partial charge in [0.05, 0.1) is 20.0 Å². The van der Waals surface area contributed by atoms with Crippen molar-refractivity contribution in [2.24, 2.45) is 0 Å². The Kier molecular flexibility index (Phi) is 6.78. The van der Waals surface area contributed by atoms with Crippen molar-refractivity contribution in [3.8, 4) is 11.5 Å². The van der Waals surface area contributed by atoms with Crippen molar-refractivity contribution in [1.29, 1.82) is 0 Å². The molecule has 1 aromatic heterocycles. The summed E-state index contributed by atoms with van der Waals surface area (Å²) >= 11 is 2.94. The average molecular weight is 409 g/mol. The second-order valence-electron chi connectivity index (χ2n) is 6.18. The van der Waals surface area contributed by atoms with E-state index in [4.69, 9.17) is 9.47 Å². The van der Waals surface area contributed by atoms with Crippen molar-refractivity contribution in [3.63, 3.8) is 0 Å². The van der Waals surface area contributed by atoms with Crippen LogP contribution < -0.4 is 14.8 Å². The third-order valence-corrected chi connectivity index (χ3v) is 6.16. The highest BCUT2D eigenvalue weighted by Gasteiger charge is 2.22. The predicted molar refractivity (Wildman–Crippen MR) is 108 cm³/mol. The lowest BCUT2D eigenvalue weighted by molar-refractivity contribution is -0.128. The third kappa shape index (κ3) is 5.49. The molecule has 1 aliphatic carbocycles. The fourth-order valence-corrected chi connectivity index (χ4v) is 4.25. The Bertz CT molecular complexity index is 780. The number of rotatable bonds is 10. The van der Waals surface area contributed by atoms with E-state index in [2.05, 4.69) is 15.5 Å². The van der Waals surface area contributed by atoms with Gasteiger partial charge >= 0.3 is 0 Å². The maximum absolute atomic E-state index is 12.6. The molecule has 1 aromatic carbocycles. The van der Waals surface area contributed by atoms with Gasteiger partial charge in [0, 0.05) is 19.1 Å². The number of hydrogen-bond donors (Lipinski definition) is 1. The number of nitrogens with one attached hydrogen (secondary N) is 1. The lowest BCUT2D eigenvalue weighted by Gasteiger charge is -2.21. The molecule has 1 aliphatic rings. The molecule has 2 aromatic rings. The molecule has 0 atom stereocenters. The molecular formula is C18H24N4O3S2. The monoisotopic (exact) mass is 408 g/mol. The molecule has 1 amide bonds. The first-order valence-corrected chi connectivity index (χ1v) is 10.6. The molecule has 7 nitrogen and oxygen atoms in total. The molecule has 0 aliphatic heterocycles. The molecule has 1 N–H and O–H groups in total. The highest BCUT2D eigenvalue weighted by molar-refractivity contribution is 8.01. The zero-order valence-corrected chi connectivity index (χ0v) is 17.4. The molecule has 0 bridgehead atoms. The highest BCUT2D eigenvalue weighted by Crippen LogP contribution is 2.31. The van der Waals surface area contributed by atoms with E-state index in [1.54, 1.807) is 14.2 Å². The van der Waals surface area contributed by atoms with Gasteiger partial charge in [-0.15, -0.1) is 10.2 Å². The number of nitrogens with zero attached hydrogens (tertiary/aromatic N) is 3. The standard InChI is InChI=1S/C18H24N4O3S2/c1-4-22(10-12-5-8-14(24-2)15(9-12)25-3)16(23)11-26-18-21-20-17(27-18)19-13-6-7-13/h5,8-9,13H,4,6-7,10-11H2,1-3H3,(H,19,20). The Morgan fingerprint density at radius 1 is 1.30 bits per heavy atom. The topological polar surface area (TPSA) is 76.6 Å². The Morgan fingerprint density at radius 2 is 2.07 bits per heavy atom. The number of anilines is 1. The number of carbonyl (C=O) groups is 1. The second-order valence-corrected chi connectivity index (χ2v) is 8.38. The predicted octanol–water partition coefficient (Wildman–Crippen LogP) is 3.27. The zero-order valence-electron chi connectivity index (χ0n) is 15.7. The van der Waals surface area contributed by atoms with Gasteiger partial charge < -0.3 is 19.7 Å². The molecule has 3 rings (SSSR count). The zero-order chi connectivity index (χ0) is 19.2. The van der Waals surface area contributed by atoms with Crippen LogP contribution in [0.1, 0.15) is 25.3 Å². The van der Waals surface area contributed by atoms with Gasteiger partial charge in [0.25, 0.3) is 0 Å². The van der Waals surface area contributed by atoms with E-state index >= 15 is 0 Å². The maximum Gasteiger partial charge on any atom is 0.233 e. The van der Waals surface area contributed by atoms with Crippen LogP contribution in [0.3, 0.4) is 0 Å². The number of aromatic nitrogens is 2. The number of ether oxygens (including phenoxy) is 2. The molecule has 0 unspecified atom stereocenters. The molecule has 1 heterocycles.